The van der Waals surface area contributed by atoms with Gasteiger partial charge in [0.2, 0.25) is 0 Å². The minimum absolute atomic E-state index is 0.137. The van der Waals surface area contributed by atoms with E-state index in [4.69, 9.17) is 0 Å². The third-order valence-electron chi connectivity index (χ3n) is 2.37. The van der Waals surface area contributed by atoms with E-state index in [2.05, 4.69) is 15.0 Å². The van der Waals surface area contributed by atoms with Crippen LogP contribution in [0.4, 0.5) is 15.8 Å². The molecule has 7 heteroatoms. The van der Waals surface area contributed by atoms with Crippen molar-refractivity contribution in [1.82, 2.24) is 4.98 Å². The Morgan fingerprint density at radius 2 is 2.00 bits per heavy atom. The molecule has 0 saturated heterocycles. The smallest absolute Gasteiger partial charge is 0.281 e. The summed E-state index contributed by atoms with van der Waals surface area (Å²) in [6.07, 6.45) is 1.38. The Balaban J connectivity index is 2.38. The van der Waals surface area contributed by atoms with Crippen LogP contribution in [0.2, 0.25) is 0 Å². The third-order valence-corrected chi connectivity index (χ3v) is 3.71. The van der Waals surface area contributed by atoms with Crippen LogP contribution in [0.15, 0.2) is 47.6 Å². The molecule has 0 fully saturated rings. The summed E-state index contributed by atoms with van der Waals surface area (Å²) in [5.41, 5.74) is 0.513. The molecule has 0 aliphatic heterocycles. The van der Waals surface area contributed by atoms with E-state index < -0.39 is 15.8 Å². The highest BCUT2D eigenvalue weighted by Crippen LogP contribution is 2.21. The number of benzene rings is 1. The van der Waals surface area contributed by atoms with Crippen molar-refractivity contribution in [1.29, 1.82) is 0 Å². The largest absolute Gasteiger partial charge is 0.386 e. The lowest BCUT2D eigenvalue weighted by molar-refractivity contribution is 0.598. The molecule has 100 valence electrons. The van der Waals surface area contributed by atoms with Crippen LogP contribution < -0.4 is 10.0 Å². The lowest BCUT2D eigenvalue weighted by atomic mass is 10.3. The zero-order chi connectivity index (χ0) is 13.9. The molecule has 1 heterocycles. The summed E-state index contributed by atoms with van der Waals surface area (Å²) in [7, 11) is -2.27. The summed E-state index contributed by atoms with van der Waals surface area (Å²) < 4.78 is 39.6. The van der Waals surface area contributed by atoms with Crippen LogP contribution in [0.3, 0.4) is 0 Å². The van der Waals surface area contributed by atoms with Crippen LogP contribution in [0, 0.1) is 5.82 Å². The fraction of sp³-hybridized carbons (Fsp3) is 0.0833. The fourth-order valence-corrected chi connectivity index (χ4v) is 2.74. The molecular weight excluding hydrogens is 269 g/mol. The predicted molar refractivity (Wildman–Crippen MR) is 71.0 cm³/mol. The Morgan fingerprint density at radius 3 is 2.68 bits per heavy atom. The highest BCUT2D eigenvalue weighted by Gasteiger charge is 2.19. The van der Waals surface area contributed by atoms with Crippen molar-refractivity contribution in [2.24, 2.45) is 0 Å². The highest BCUT2D eigenvalue weighted by molar-refractivity contribution is 7.92. The van der Waals surface area contributed by atoms with Crippen LogP contribution in [0.1, 0.15) is 0 Å². The number of nitrogens with zero attached hydrogens (tertiary/aromatic N) is 1. The molecule has 1 aromatic carbocycles. The van der Waals surface area contributed by atoms with Gasteiger partial charge in [-0.3, -0.25) is 4.72 Å². The number of rotatable bonds is 4. The van der Waals surface area contributed by atoms with Gasteiger partial charge in [0.25, 0.3) is 10.0 Å². The van der Waals surface area contributed by atoms with Gasteiger partial charge in [0.05, 0.1) is 11.4 Å². The first kappa shape index (κ1) is 13.3. The zero-order valence-corrected chi connectivity index (χ0v) is 10.9. The second-order valence-corrected chi connectivity index (χ2v) is 5.32. The molecule has 0 bridgehead atoms. The Morgan fingerprint density at radius 1 is 1.21 bits per heavy atom. The molecular formula is C12H12FN3O2S. The van der Waals surface area contributed by atoms with E-state index in [1.807, 2.05) is 0 Å². The minimum Gasteiger partial charge on any atom is -0.386 e. The zero-order valence-electron chi connectivity index (χ0n) is 10.1. The Labute approximate surface area is 110 Å². The van der Waals surface area contributed by atoms with E-state index >= 15 is 0 Å². The number of halogens is 1. The molecule has 0 saturated carbocycles. The summed E-state index contributed by atoms with van der Waals surface area (Å²) in [5, 5.41) is 2.61. The standard InChI is InChI=1S/C12H12FN3O2S/c1-14-11-6-3-7-15-12(11)19(17,18)16-10-5-2-4-9(13)8-10/h2-8,14,16H,1H3. The molecule has 0 radical (unpaired) electrons. The number of hydrogen-bond acceptors (Lipinski definition) is 4. The first-order valence-electron chi connectivity index (χ1n) is 5.44. The van der Waals surface area contributed by atoms with E-state index in [-0.39, 0.29) is 10.7 Å². The summed E-state index contributed by atoms with van der Waals surface area (Å²) in [6, 6.07) is 8.42. The van der Waals surface area contributed by atoms with E-state index in [0.717, 1.165) is 6.07 Å². The number of aromatic nitrogens is 1. The summed E-state index contributed by atoms with van der Waals surface area (Å²) >= 11 is 0. The third kappa shape index (κ3) is 3.00. The number of pyridine rings is 1. The van der Waals surface area contributed by atoms with Gasteiger partial charge in [0.15, 0.2) is 5.03 Å². The molecule has 19 heavy (non-hydrogen) atoms. The first-order chi connectivity index (χ1) is 9.03. The molecule has 0 spiro atoms. The quantitative estimate of drug-likeness (QED) is 0.900. The van der Waals surface area contributed by atoms with Crippen LogP contribution in [-0.4, -0.2) is 20.4 Å². The van der Waals surface area contributed by atoms with Crippen molar-refractivity contribution < 1.29 is 12.8 Å². The van der Waals surface area contributed by atoms with E-state index in [1.165, 1.54) is 24.4 Å². The highest BCUT2D eigenvalue weighted by atomic mass is 32.2. The Bertz CT molecular complexity index is 689. The summed E-state index contributed by atoms with van der Waals surface area (Å²) in [6.45, 7) is 0. The van der Waals surface area contributed by atoms with E-state index in [9.17, 15) is 12.8 Å². The van der Waals surface area contributed by atoms with Crippen LogP contribution in [0.25, 0.3) is 0 Å². The monoisotopic (exact) mass is 281 g/mol. The average molecular weight is 281 g/mol. The van der Waals surface area contributed by atoms with Crippen LogP contribution in [0.5, 0.6) is 0 Å². The molecule has 0 atom stereocenters. The lowest BCUT2D eigenvalue weighted by Gasteiger charge is -2.10. The van der Waals surface area contributed by atoms with Crippen molar-refractivity contribution in [3.63, 3.8) is 0 Å². The van der Waals surface area contributed by atoms with Gasteiger partial charge >= 0.3 is 0 Å². The van der Waals surface area contributed by atoms with Crippen molar-refractivity contribution >= 4 is 21.4 Å². The van der Waals surface area contributed by atoms with Gasteiger partial charge in [-0.1, -0.05) is 6.07 Å². The molecule has 0 amide bonds. The van der Waals surface area contributed by atoms with Crippen molar-refractivity contribution in [2.45, 2.75) is 5.03 Å². The van der Waals surface area contributed by atoms with Crippen LogP contribution in [-0.2, 0) is 10.0 Å². The van der Waals surface area contributed by atoms with Crippen molar-refractivity contribution in [2.75, 3.05) is 17.1 Å². The van der Waals surface area contributed by atoms with Gasteiger partial charge in [-0.05, 0) is 30.3 Å². The van der Waals surface area contributed by atoms with Crippen molar-refractivity contribution in [3.8, 4) is 0 Å². The molecule has 0 unspecified atom stereocenters. The maximum atomic E-state index is 13.0. The summed E-state index contributed by atoms with van der Waals surface area (Å²) in [5.74, 6) is -0.518. The summed E-state index contributed by atoms with van der Waals surface area (Å²) in [4.78, 5) is 3.83. The molecule has 2 N–H and O–H groups in total. The molecule has 1 aromatic heterocycles. The maximum Gasteiger partial charge on any atom is 0.281 e. The second-order valence-electron chi connectivity index (χ2n) is 3.72. The van der Waals surface area contributed by atoms with Crippen molar-refractivity contribution in [3.05, 3.63) is 48.4 Å². The predicted octanol–water partition coefficient (Wildman–Crippen LogP) is 2.06. The fourth-order valence-electron chi connectivity index (χ4n) is 1.55. The van der Waals surface area contributed by atoms with Gasteiger partial charge in [-0.2, -0.15) is 8.42 Å². The van der Waals surface area contributed by atoms with Gasteiger partial charge in [0, 0.05) is 13.2 Å². The number of hydrogen-bond donors (Lipinski definition) is 2. The minimum atomic E-state index is -3.86. The number of sulfonamides is 1. The Hall–Kier alpha value is -2.15. The molecule has 2 rings (SSSR count). The molecule has 0 aliphatic rings. The Kier molecular flexibility index (Phi) is 3.66. The molecule has 2 aromatic rings. The normalized spacial score (nSPS) is 11.1. The lowest BCUT2D eigenvalue weighted by Crippen LogP contribution is -2.16. The average Bonchev–Trinajstić information content (AvgIpc) is 2.38. The topological polar surface area (TPSA) is 71.1 Å². The maximum absolute atomic E-state index is 13.0. The number of nitrogens with one attached hydrogen (secondary N) is 2. The van der Waals surface area contributed by atoms with Gasteiger partial charge in [0.1, 0.15) is 5.82 Å². The second kappa shape index (κ2) is 5.23. The van der Waals surface area contributed by atoms with Gasteiger partial charge in [-0.25, -0.2) is 9.37 Å². The van der Waals surface area contributed by atoms with Gasteiger partial charge in [-0.15, -0.1) is 0 Å². The molecule has 0 aliphatic carbocycles. The van der Waals surface area contributed by atoms with Crippen LogP contribution >= 0.6 is 0 Å². The molecule has 5 nitrogen and oxygen atoms in total. The van der Waals surface area contributed by atoms with E-state index in [1.54, 1.807) is 19.2 Å². The SMILES string of the molecule is CNc1cccnc1S(=O)(=O)Nc1cccc(F)c1. The first-order valence-corrected chi connectivity index (χ1v) is 6.92. The number of anilines is 2. The van der Waals surface area contributed by atoms with Gasteiger partial charge < -0.3 is 5.32 Å². The van der Waals surface area contributed by atoms with E-state index in [0.29, 0.717) is 5.69 Å².